The number of tetrazole rings is 1. The van der Waals surface area contributed by atoms with Crippen LogP contribution in [-0.2, 0) is 0 Å². The van der Waals surface area contributed by atoms with Gasteiger partial charge in [0.25, 0.3) is 0 Å². The van der Waals surface area contributed by atoms with Crippen LogP contribution in [0.1, 0.15) is 25.7 Å². The Bertz CT molecular complexity index is 627. The first-order valence-electron chi connectivity index (χ1n) is 7.50. The monoisotopic (exact) mass is 302 g/mol. The Morgan fingerprint density at radius 3 is 2.76 bits per heavy atom. The lowest BCUT2D eigenvalue weighted by molar-refractivity contribution is 0.365. The van der Waals surface area contributed by atoms with Crippen molar-refractivity contribution in [3.05, 3.63) is 24.3 Å². The largest absolute Gasteiger partial charge is 0.508 e. The maximum Gasteiger partial charge on any atom is 0.214 e. The lowest BCUT2D eigenvalue weighted by Gasteiger charge is -2.20. The normalized spacial score (nSPS) is 27.3. The van der Waals surface area contributed by atoms with Crippen LogP contribution in [0.5, 0.6) is 5.75 Å². The minimum atomic E-state index is 0.253. The molecule has 1 aromatic carbocycles. The number of hydrogen-bond acceptors (Lipinski definition) is 5. The second-order valence-electron chi connectivity index (χ2n) is 6.14. The van der Waals surface area contributed by atoms with Gasteiger partial charge in [0.2, 0.25) is 5.16 Å². The Balaban J connectivity index is 1.46. The summed E-state index contributed by atoms with van der Waals surface area (Å²) in [7, 11) is 0. The van der Waals surface area contributed by atoms with Crippen molar-refractivity contribution in [3.8, 4) is 11.4 Å². The Morgan fingerprint density at radius 1 is 1.19 bits per heavy atom. The predicted molar refractivity (Wildman–Crippen MR) is 80.5 cm³/mol. The highest BCUT2D eigenvalue weighted by Gasteiger charge is 2.39. The van der Waals surface area contributed by atoms with Crippen molar-refractivity contribution < 1.29 is 5.11 Å². The summed E-state index contributed by atoms with van der Waals surface area (Å²) in [4.78, 5) is 0. The van der Waals surface area contributed by atoms with Crippen LogP contribution < -0.4 is 0 Å². The van der Waals surface area contributed by atoms with E-state index in [1.807, 2.05) is 12.1 Å². The van der Waals surface area contributed by atoms with E-state index >= 15 is 0 Å². The van der Waals surface area contributed by atoms with E-state index in [4.69, 9.17) is 0 Å². The first-order chi connectivity index (χ1) is 10.3. The summed E-state index contributed by atoms with van der Waals surface area (Å²) in [5.41, 5.74) is 0.883. The van der Waals surface area contributed by atoms with Gasteiger partial charge >= 0.3 is 0 Å². The van der Waals surface area contributed by atoms with E-state index in [0.717, 1.165) is 34.4 Å². The molecular formula is C15H18N4OS. The lowest BCUT2D eigenvalue weighted by Crippen LogP contribution is -2.13. The summed E-state index contributed by atoms with van der Waals surface area (Å²) < 4.78 is 1.75. The molecule has 2 aromatic rings. The van der Waals surface area contributed by atoms with Crippen molar-refractivity contribution in [2.24, 2.45) is 17.8 Å². The number of thioether (sulfide) groups is 1. The molecule has 2 aliphatic rings. The van der Waals surface area contributed by atoms with Crippen LogP contribution in [0, 0.1) is 17.8 Å². The van der Waals surface area contributed by atoms with Gasteiger partial charge in [0.1, 0.15) is 5.75 Å². The van der Waals surface area contributed by atoms with E-state index in [-0.39, 0.29) is 5.75 Å². The molecule has 2 fully saturated rings. The van der Waals surface area contributed by atoms with Crippen LogP contribution in [0.4, 0.5) is 0 Å². The molecule has 0 saturated heterocycles. The third-order valence-electron chi connectivity index (χ3n) is 4.85. The number of nitrogens with zero attached hydrogens (tertiary/aromatic N) is 4. The van der Waals surface area contributed by atoms with Crippen molar-refractivity contribution in [1.29, 1.82) is 0 Å². The second-order valence-corrected chi connectivity index (χ2v) is 7.12. The van der Waals surface area contributed by atoms with Crippen LogP contribution in [0.15, 0.2) is 29.4 Å². The van der Waals surface area contributed by atoms with E-state index < -0.39 is 0 Å². The molecule has 6 heteroatoms. The van der Waals surface area contributed by atoms with Crippen molar-refractivity contribution in [2.75, 3.05) is 5.75 Å². The molecule has 5 nitrogen and oxygen atoms in total. The van der Waals surface area contributed by atoms with Crippen LogP contribution in [0.25, 0.3) is 5.69 Å². The third kappa shape index (κ3) is 2.52. The van der Waals surface area contributed by atoms with Crippen molar-refractivity contribution >= 4 is 11.8 Å². The fourth-order valence-corrected chi connectivity index (χ4v) is 4.92. The third-order valence-corrected chi connectivity index (χ3v) is 5.95. The summed E-state index contributed by atoms with van der Waals surface area (Å²) in [6.45, 7) is 0. The standard InChI is InChI=1S/C15H18N4OS/c20-14-5-3-13(4-6-14)19-15(16-17-18-19)21-9-12-8-10-1-2-11(12)7-10/h3-6,10-12,20H,1-2,7-9H2. The van der Waals surface area contributed by atoms with Crippen LogP contribution in [0.2, 0.25) is 0 Å². The maximum atomic E-state index is 9.36. The highest BCUT2D eigenvalue weighted by Crippen LogP contribution is 2.49. The van der Waals surface area contributed by atoms with Crippen molar-refractivity contribution in [3.63, 3.8) is 0 Å². The van der Waals surface area contributed by atoms with Gasteiger partial charge in [0, 0.05) is 5.75 Å². The van der Waals surface area contributed by atoms with E-state index in [1.165, 1.54) is 25.7 Å². The number of rotatable bonds is 4. The molecule has 0 aliphatic heterocycles. The quantitative estimate of drug-likeness (QED) is 0.880. The smallest absolute Gasteiger partial charge is 0.214 e. The van der Waals surface area contributed by atoms with Gasteiger partial charge in [-0.05, 0) is 71.7 Å². The molecule has 4 rings (SSSR count). The van der Waals surface area contributed by atoms with Gasteiger partial charge in [-0.2, -0.15) is 4.68 Å². The molecule has 110 valence electrons. The van der Waals surface area contributed by atoms with Crippen molar-refractivity contribution in [1.82, 2.24) is 20.2 Å². The van der Waals surface area contributed by atoms with Gasteiger partial charge in [-0.1, -0.05) is 18.2 Å². The molecule has 0 radical (unpaired) electrons. The molecule has 1 N–H and O–H groups in total. The average Bonchev–Trinajstić information content (AvgIpc) is 3.22. The van der Waals surface area contributed by atoms with Crippen LogP contribution >= 0.6 is 11.8 Å². The van der Waals surface area contributed by atoms with E-state index in [2.05, 4.69) is 15.5 Å². The molecule has 2 bridgehead atoms. The first-order valence-corrected chi connectivity index (χ1v) is 8.49. The topological polar surface area (TPSA) is 63.8 Å². The lowest BCUT2D eigenvalue weighted by atomic mass is 9.90. The minimum absolute atomic E-state index is 0.253. The molecule has 0 spiro atoms. The molecule has 3 unspecified atom stereocenters. The van der Waals surface area contributed by atoms with E-state index in [1.54, 1.807) is 28.6 Å². The fourth-order valence-electron chi connectivity index (χ4n) is 3.79. The Hall–Kier alpha value is -1.56. The SMILES string of the molecule is Oc1ccc(-n2nnnc2SCC2CC3CCC2C3)cc1. The number of hydrogen-bond donors (Lipinski definition) is 1. The molecular weight excluding hydrogens is 284 g/mol. The zero-order chi connectivity index (χ0) is 14.2. The second kappa shape index (κ2) is 5.33. The molecule has 0 amide bonds. The number of fused-ring (bicyclic) bond motifs is 2. The van der Waals surface area contributed by atoms with Gasteiger partial charge in [0.05, 0.1) is 5.69 Å². The predicted octanol–water partition coefficient (Wildman–Crippen LogP) is 2.90. The number of aromatic hydroxyl groups is 1. The zero-order valence-electron chi connectivity index (χ0n) is 11.7. The number of phenols is 1. The Labute approximate surface area is 127 Å². The van der Waals surface area contributed by atoms with Crippen LogP contribution in [0.3, 0.4) is 0 Å². The highest BCUT2D eigenvalue weighted by atomic mass is 32.2. The molecule has 3 atom stereocenters. The maximum absolute atomic E-state index is 9.36. The summed E-state index contributed by atoms with van der Waals surface area (Å²) in [6.07, 6.45) is 5.68. The summed E-state index contributed by atoms with van der Waals surface area (Å²) >= 11 is 1.75. The fraction of sp³-hybridized carbons (Fsp3) is 0.533. The van der Waals surface area contributed by atoms with E-state index in [0.29, 0.717) is 0 Å². The van der Waals surface area contributed by atoms with Crippen LogP contribution in [-0.4, -0.2) is 31.1 Å². The summed E-state index contributed by atoms with van der Waals surface area (Å²) in [5, 5.41) is 22.2. The van der Waals surface area contributed by atoms with Gasteiger partial charge < -0.3 is 5.11 Å². The van der Waals surface area contributed by atoms with Gasteiger partial charge in [-0.3, -0.25) is 0 Å². The summed E-state index contributed by atoms with van der Waals surface area (Å²) in [5.74, 6) is 4.11. The molecule has 2 saturated carbocycles. The van der Waals surface area contributed by atoms with Gasteiger partial charge in [-0.15, -0.1) is 5.10 Å². The number of phenolic OH excluding ortho intramolecular Hbond substituents is 1. The number of benzene rings is 1. The van der Waals surface area contributed by atoms with E-state index in [9.17, 15) is 5.11 Å². The molecule has 21 heavy (non-hydrogen) atoms. The number of aromatic nitrogens is 4. The van der Waals surface area contributed by atoms with Crippen molar-refractivity contribution in [2.45, 2.75) is 30.8 Å². The molecule has 1 aromatic heterocycles. The van der Waals surface area contributed by atoms with Gasteiger partial charge in [0.15, 0.2) is 0 Å². The Morgan fingerprint density at radius 2 is 2.05 bits per heavy atom. The van der Waals surface area contributed by atoms with Gasteiger partial charge in [-0.25, -0.2) is 0 Å². The Kier molecular flexibility index (Phi) is 3.33. The molecule has 1 heterocycles. The first kappa shape index (κ1) is 13.1. The summed E-state index contributed by atoms with van der Waals surface area (Å²) in [6, 6.07) is 6.96. The molecule has 2 aliphatic carbocycles. The minimum Gasteiger partial charge on any atom is -0.508 e. The zero-order valence-corrected chi connectivity index (χ0v) is 12.5. The average molecular weight is 302 g/mol. The highest BCUT2D eigenvalue weighted by molar-refractivity contribution is 7.99.